The van der Waals surface area contributed by atoms with Crippen LogP contribution in [0, 0.1) is 0 Å². The molecule has 1 saturated heterocycles. The molecule has 0 bridgehead atoms. The molecular weight excluding hydrogens is 460 g/mol. The number of oxime groups is 1. The summed E-state index contributed by atoms with van der Waals surface area (Å²) in [6.45, 7) is 5.90. The number of imide groups is 1. The molecule has 1 aliphatic heterocycles. The Hall–Kier alpha value is -3.24. The molecule has 1 heterocycles. The topological polar surface area (TPSA) is 142 Å². The minimum atomic E-state index is -1.51. The molecule has 180 valence electrons. The number of hydrogen-bond acceptors (Lipinski definition) is 9. The van der Waals surface area contributed by atoms with Crippen LogP contribution in [0.1, 0.15) is 39.7 Å². The van der Waals surface area contributed by atoms with Crippen LogP contribution in [0.2, 0.25) is 0 Å². The Balaban J connectivity index is 1.64. The van der Waals surface area contributed by atoms with Crippen molar-refractivity contribution in [2.45, 2.75) is 51.4 Å². The summed E-state index contributed by atoms with van der Waals surface area (Å²) in [5.41, 5.74) is 0.0316. The number of allylic oxidation sites excluding steroid dienone is 4. The number of thioether (sulfide) groups is 1. The van der Waals surface area contributed by atoms with Crippen LogP contribution in [-0.2, 0) is 20.8 Å². The Morgan fingerprint density at radius 1 is 1.06 bits per heavy atom. The zero-order chi connectivity index (χ0) is 25.2. The highest BCUT2D eigenvalue weighted by Crippen LogP contribution is 2.28. The first-order valence-electron chi connectivity index (χ1n) is 10.6. The molecule has 10 heteroatoms. The van der Waals surface area contributed by atoms with E-state index in [0.29, 0.717) is 17.7 Å². The number of nitrogens with one attached hydrogen (secondary N) is 1. The molecule has 2 unspecified atom stereocenters. The lowest BCUT2D eigenvalue weighted by Crippen LogP contribution is -2.37. The zero-order valence-electron chi connectivity index (χ0n) is 19.3. The number of benzene rings is 1. The Kier molecular flexibility index (Phi) is 7.42. The predicted octanol–water partition coefficient (Wildman–Crippen LogP) is 2.74. The molecule has 0 aromatic heterocycles. The minimum Gasteiger partial charge on any atom is -0.491 e. The van der Waals surface area contributed by atoms with Gasteiger partial charge in [-0.2, -0.15) is 0 Å². The molecule has 1 aromatic carbocycles. The zero-order valence-corrected chi connectivity index (χ0v) is 20.1. The number of carbonyl (C=O) groups is 4. The van der Waals surface area contributed by atoms with Crippen molar-refractivity contribution < 1.29 is 34.2 Å². The van der Waals surface area contributed by atoms with E-state index in [1.807, 2.05) is 0 Å². The number of hydrogen-bond donors (Lipinski definition) is 3. The lowest BCUT2D eigenvalue weighted by molar-refractivity contribution is -0.119. The summed E-state index contributed by atoms with van der Waals surface area (Å²) in [6.07, 6.45) is 0.173. The van der Waals surface area contributed by atoms with Crippen LogP contribution in [0.15, 0.2) is 51.7 Å². The average molecular weight is 487 g/mol. The van der Waals surface area contributed by atoms with E-state index in [-0.39, 0.29) is 52.4 Å². The Morgan fingerprint density at radius 2 is 1.68 bits per heavy atom. The molecule has 1 fully saturated rings. The SMILES string of the molecule is CC1=C(C)C(=O)C(C(CC(C)(O)COc2ccc(CC3SC(=O)NC3=O)cc2)=NO)=C(C)C1=O. The van der Waals surface area contributed by atoms with Crippen molar-refractivity contribution in [1.82, 2.24) is 5.32 Å². The maximum atomic E-state index is 12.7. The van der Waals surface area contributed by atoms with Gasteiger partial charge in [-0.05, 0) is 51.8 Å². The summed E-state index contributed by atoms with van der Waals surface area (Å²) in [5, 5.41) is 25.0. The third-order valence-electron chi connectivity index (χ3n) is 5.81. The van der Waals surface area contributed by atoms with E-state index >= 15 is 0 Å². The Morgan fingerprint density at radius 3 is 2.24 bits per heavy atom. The van der Waals surface area contributed by atoms with Crippen molar-refractivity contribution >= 4 is 40.2 Å². The van der Waals surface area contributed by atoms with Crippen LogP contribution >= 0.6 is 11.8 Å². The smallest absolute Gasteiger partial charge is 0.286 e. The van der Waals surface area contributed by atoms with E-state index in [9.17, 15) is 29.5 Å². The van der Waals surface area contributed by atoms with E-state index in [1.54, 1.807) is 31.2 Å². The fraction of sp³-hybridized carbons (Fsp3) is 0.375. The van der Waals surface area contributed by atoms with Crippen molar-refractivity contribution in [2.24, 2.45) is 5.16 Å². The van der Waals surface area contributed by atoms with Crippen LogP contribution in [0.4, 0.5) is 4.79 Å². The number of aliphatic hydroxyl groups is 1. The van der Waals surface area contributed by atoms with Crippen molar-refractivity contribution in [2.75, 3.05) is 6.61 Å². The van der Waals surface area contributed by atoms with E-state index in [0.717, 1.165) is 17.3 Å². The molecule has 0 radical (unpaired) electrons. The van der Waals surface area contributed by atoms with Crippen molar-refractivity contribution in [3.63, 3.8) is 0 Å². The first-order valence-corrected chi connectivity index (χ1v) is 11.5. The number of rotatable bonds is 8. The first-order chi connectivity index (χ1) is 15.9. The molecule has 0 saturated carbocycles. The molecule has 9 nitrogen and oxygen atoms in total. The summed E-state index contributed by atoms with van der Waals surface area (Å²) < 4.78 is 5.68. The molecule has 2 atom stereocenters. The number of ether oxygens (including phenoxy) is 1. The second kappa shape index (κ2) is 9.94. The second-order valence-corrected chi connectivity index (χ2v) is 9.82. The van der Waals surface area contributed by atoms with Gasteiger partial charge in [0.05, 0.1) is 16.5 Å². The fourth-order valence-electron chi connectivity index (χ4n) is 3.73. The highest BCUT2D eigenvalue weighted by molar-refractivity contribution is 8.15. The summed E-state index contributed by atoms with van der Waals surface area (Å²) >= 11 is 0.959. The van der Waals surface area contributed by atoms with E-state index in [2.05, 4.69) is 10.5 Å². The molecule has 34 heavy (non-hydrogen) atoms. The Bertz CT molecular complexity index is 1150. The maximum Gasteiger partial charge on any atom is 0.286 e. The third-order valence-corrected chi connectivity index (χ3v) is 6.79. The van der Waals surface area contributed by atoms with Crippen molar-refractivity contribution in [3.8, 4) is 5.75 Å². The van der Waals surface area contributed by atoms with E-state index in [4.69, 9.17) is 4.74 Å². The quantitative estimate of drug-likeness (QED) is 0.220. The molecule has 1 aromatic rings. The molecule has 3 N–H and O–H groups in total. The van der Waals surface area contributed by atoms with Gasteiger partial charge >= 0.3 is 0 Å². The van der Waals surface area contributed by atoms with Gasteiger partial charge in [-0.25, -0.2) is 0 Å². The standard InChI is InChI=1S/C24H26N2O7S/c1-12-13(2)21(28)19(14(3)20(12)27)17(26-32)10-24(4,31)11-33-16-7-5-15(6-8-16)9-18-22(29)25-23(30)34-18/h5-8,18,31-32H,9-11H2,1-4H3,(H,25,29,30). The average Bonchev–Trinajstić information content (AvgIpc) is 3.11. The van der Waals surface area contributed by atoms with Gasteiger partial charge in [-0.15, -0.1) is 0 Å². The van der Waals surface area contributed by atoms with Crippen molar-refractivity contribution in [3.05, 3.63) is 52.1 Å². The van der Waals surface area contributed by atoms with Crippen LogP contribution in [0.25, 0.3) is 0 Å². The summed E-state index contributed by atoms with van der Waals surface area (Å²) in [7, 11) is 0. The van der Waals surface area contributed by atoms with Gasteiger partial charge in [0, 0.05) is 23.1 Å². The molecule has 1 aliphatic carbocycles. The highest BCUT2D eigenvalue weighted by atomic mass is 32.2. The number of ketones is 2. The van der Waals surface area contributed by atoms with Gasteiger partial charge in [0.25, 0.3) is 5.24 Å². The summed E-state index contributed by atoms with van der Waals surface area (Å²) in [5.74, 6) is -0.565. The number of nitrogens with zero attached hydrogens (tertiary/aromatic N) is 1. The second-order valence-electron chi connectivity index (χ2n) is 8.65. The van der Waals surface area contributed by atoms with Crippen LogP contribution in [0.5, 0.6) is 5.75 Å². The van der Waals surface area contributed by atoms with E-state index < -0.39 is 16.6 Å². The van der Waals surface area contributed by atoms with E-state index in [1.165, 1.54) is 20.8 Å². The van der Waals surface area contributed by atoms with Gasteiger partial charge in [-0.1, -0.05) is 29.1 Å². The molecule has 2 aliphatic rings. The van der Waals surface area contributed by atoms with Gasteiger partial charge in [-0.3, -0.25) is 24.5 Å². The monoisotopic (exact) mass is 486 g/mol. The highest BCUT2D eigenvalue weighted by Gasteiger charge is 2.35. The third kappa shape index (κ3) is 5.45. The molecular formula is C24H26N2O7S. The van der Waals surface area contributed by atoms with Crippen LogP contribution in [-0.4, -0.2) is 56.2 Å². The minimum absolute atomic E-state index is 0.00692. The Labute approximate surface area is 200 Å². The number of amides is 2. The molecule has 3 rings (SSSR count). The van der Waals surface area contributed by atoms with Crippen LogP contribution in [0.3, 0.4) is 0 Å². The lowest BCUT2D eigenvalue weighted by atomic mass is 9.81. The normalized spacial score (nSPS) is 21.2. The molecule has 0 spiro atoms. The van der Waals surface area contributed by atoms with Gasteiger partial charge < -0.3 is 15.1 Å². The van der Waals surface area contributed by atoms with Gasteiger partial charge in [0.2, 0.25) is 5.91 Å². The maximum absolute atomic E-state index is 12.7. The number of Topliss-reactive ketones (excluding diaryl/α,β-unsaturated/α-hetero) is 2. The van der Waals surface area contributed by atoms with Gasteiger partial charge in [0.15, 0.2) is 11.6 Å². The number of carbonyl (C=O) groups excluding carboxylic acids is 4. The first kappa shape index (κ1) is 25.4. The van der Waals surface area contributed by atoms with Gasteiger partial charge in [0.1, 0.15) is 18.0 Å². The lowest BCUT2D eigenvalue weighted by Gasteiger charge is -2.26. The molecule has 2 amide bonds. The fourth-order valence-corrected chi connectivity index (χ4v) is 4.59. The largest absolute Gasteiger partial charge is 0.491 e. The summed E-state index contributed by atoms with van der Waals surface area (Å²) in [4.78, 5) is 48.2. The van der Waals surface area contributed by atoms with Crippen molar-refractivity contribution in [1.29, 1.82) is 0 Å². The predicted molar refractivity (Wildman–Crippen MR) is 126 cm³/mol. The van der Waals surface area contributed by atoms with Crippen LogP contribution < -0.4 is 10.1 Å². The summed E-state index contributed by atoms with van der Waals surface area (Å²) in [6, 6.07) is 6.88.